The van der Waals surface area contributed by atoms with Gasteiger partial charge in [-0.15, -0.1) is 11.3 Å². The molecule has 1 N–H and O–H groups in total. The number of aromatic nitrogens is 1. The summed E-state index contributed by atoms with van der Waals surface area (Å²) in [5.41, 5.74) is 1.30. The van der Waals surface area contributed by atoms with Gasteiger partial charge in [-0.05, 0) is 51.1 Å². The van der Waals surface area contributed by atoms with Gasteiger partial charge in [-0.25, -0.2) is 4.98 Å². The van der Waals surface area contributed by atoms with Crippen LogP contribution in [0.3, 0.4) is 0 Å². The van der Waals surface area contributed by atoms with E-state index in [-0.39, 0.29) is 0 Å². The molecule has 1 aliphatic rings. The average Bonchev–Trinajstić information content (AvgIpc) is 2.76. The maximum Gasteiger partial charge on any atom is 0.0928 e. The summed E-state index contributed by atoms with van der Waals surface area (Å²) >= 11 is 1.85. The minimum atomic E-state index is 0.882. The molecule has 0 spiro atoms. The standard InChI is InChI=1S/C13H22N2S/c1-2-4-12-10-16-13(15-12)7-6-11-5-3-8-14-9-11/h10-11,14H,2-9H2,1H3. The van der Waals surface area contributed by atoms with Gasteiger partial charge in [0.2, 0.25) is 0 Å². The molecule has 1 unspecified atom stereocenters. The molecule has 1 saturated heterocycles. The Labute approximate surface area is 102 Å². The topological polar surface area (TPSA) is 24.9 Å². The lowest BCUT2D eigenvalue weighted by Crippen LogP contribution is -2.29. The normalized spacial score (nSPS) is 21.2. The van der Waals surface area contributed by atoms with Crippen LogP contribution in [-0.4, -0.2) is 18.1 Å². The summed E-state index contributed by atoms with van der Waals surface area (Å²) in [5.74, 6) is 0.882. The molecule has 0 aliphatic carbocycles. The first-order valence-electron chi connectivity index (χ1n) is 6.52. The Bertz CT molecular complexity index is 303. The highest BCUT2D eigenvalue weighted by atomic mass is 32.1. The summed E-state index contributed by atoms with van der Waals surface area (Å²) in [6, 6.07) is 0. The summed E-state index contributed by atoms with van der Waals surface area (Å²) in [7, 11) is 0. The van der Waals surface area contributed by atoms with Crippen molar-refractivity contribution in [3.63, 3.8) is 0 Å². The van der Waals surface area contributed by atoms with Crippen LogP contribution in [0.15, 0.2) is 5.38 Å². The van der Waals surface area contributed by atoms with E-state index in [1.807, 2.05) is 11.3 Å². The maximum atomic E-state index is 4.68. The summed E-state index contributed by atoms with van der Waals surface area (Å²) in [6.07, 6.45) is 7.59. The molecule has 0 saturated carbocycles. The van der Waals surface area contributed by atoms with E-state index in [4.69, 9.17) is 0 Å². The second kappa shape index (κ2) is 6.36. The minimum absolute atomic E-state index is 0.882. The van der Waals surface area contributed by atoms with Crippen LogP contribution in [0.4, 0.5) is 0 Å². The van der Waals surface area contributed by atoms with Crippen LogP contribution in [-0.2, 0) is 12.8 Å². The van der Waals surface area contributed by atoms with Crippen molar-refractivity contribution < 1.29 is 0 Å². The molecule has 1 fully saturated rings. The van der Waals surface area contributed by atoms with Gasteiger partial charge in [0.25, 0.3) is 0 Å². The fourth-order valence-corrected chi connectivity index (χ4v) is 3.18. The van der Waals surface area contributed by atoms with E-state index in [0.29, 0.717) is 0 Å². The van der Waals surface area contributed by atoms with Gasteiger partial charge in [-0.2, -0.15) is 0 Å². The number of hydrogen-bond donors (Lipinski definition) is 1. The van der Waals surface area contributed by atoms with E-state index in [1.165, 1.54) is 55.9 Å². The Morgan fingerprint density at radius 2 is 2.44 bits per heavy atom. The predicted octanol–water partition coefficient (Wildman–Crippen LogP) is 3.03. The molecule has 0 bridgehead atoms. The molecule has 1 aromatic rings. The first-order chi connectivity index (χ1) is 7.88. The molecule has 3 heteroatoms. The largest absolute Gasteiger partial charge is 0.316 e. The summed E-state index contributed by atoms with van der Waals surface area (Å²) < 4.78 is 0. The van der Waals surface area contributed by atoms with E-state index in [9.17, 15) is 0 Å². The Balaban J connectivity index is 1.75. The lowest BCUT2D eigenvalue weighted by atomic mass is 9.95. The zero-order chi connectivity index (χ0) is 11.2. The zero-order valence-electron chi connectivity index (χ0n) is 10.2. The van der Waals surface area contributed by atoms with E-state index < -0.39 is 0 Å². The third-order valence-electron chi connectivity index (χ3n) is 3.27. The van der Waals surface area contributed by atoms with Gasteiger partial charge in [-0.1, -0.05) is 13.3 Å². The Morgan fingerprint density at radius 3 is 3.19 bits per heavy atom. The van der Waals surface area contributed by atoms with Crippen molar-refractivity contribution in [1.82, 2.24) is 10.3 Å². The van der Waals surface area contributed by atoms with Crippen LogP contribution in [0.2, 0.25) is 0 Å². The van der Waals surface area contributed by atoms with Crippen LogP contribution in [0, 0.1) is 5.92 Å². The molecule has 1 atom stereocenters. The molecule has 2 nitrogen and oxygen atoms in total. The smallest absolute Gasteiger partial charge is 0.0928 e. The SMILES string of the molecule is CCCc1csc(CCC2CCCNC2)n1. The Kier molecular flexibility index (Phi) is 4.79. The summed E-state index contributed by atoms with van der Waals surface area (Å²) in [6.45, 7) is 4.65. The molecular weight excluding hydrogens is 216 g/mol. The van der Waals surface area contributed by atoms with Crippen molar-refractivity contribution in [2.75, 3.05) is 13.1 Å². The number of rotatable bonds is 5. The van der Waals surface area contributed by atoms with Gasteiger partial charge < -0.3 is 5.32 Å². The third-order valence-corrected chi connectivity index (χ3v) is 4.23. The third kappa shape index (κ3) is 3.56. The second-order valence-corrected chi connectivity index (χ2v) is 5.68. The zero-order valence-corrected chi connectivity index (χ0v) is 11.0. The fraction of sp³-hybridized carbons (Fsp3) is 0.769. The number of aryl methyl sites for hydroxylation is 2. The lowest BCUT2D eigenvalue weighted by Gasteiger charge is -2.22. The van der Waals surface area contributed by atoms with Crippen molar-refractivity contribution in [2.45, 2.75) is 45.4 Å². The highest BCUT2D eigenvalue weighted by Gasteiger charge is 2.13. The number of nitrogens with one attached hydrogen (secondary N) is 1. The van der Waals surface area contributed by atoms with Crippen molar-refractivity contribution in [3.05, 3.63) is 16.1 Å². The van der Waals surface area contributed by atoms with Crippen molar-refractivity contribution in [3.8, 4) is 0 Å². The van der Waals surface area contributed by atoms with Crippen LogP contribution in [0.5, 0.6) is 0 Å². The van der Waals surface area contributed by atoms with Crippen LogP contribution in [0.25, 0.3) is 0 Å². The minimum Gasteiger partial charge on any atom is -0.316 e. The molecule has 0 amide bonds. The predicted molar refractivity (Wildman–Crippen MR) is 70.0 cm³/mol. The van der Waals surface area contributed by atoms with E-state index in [1.54, 1.807) is 0 Å². The Morgan fingerprint density at radius 1 is 1.50 bits per heavy atom. The molecule has 16 heavy (non-hydrogen) atoms. The number of nitrogens with zero attached hydrogens (tertiary/aromatic N) is 1. The maximum absolute atomic E-state index is 4.68. The van der Waals surface area contributed by atoms with Gasteiger partial charge >= 0.3 is 0 Å². The highest BCUT2D eigenvalue weighted by Crippen LogP contribution is 2.19. The van der Waals surface area contributed by atoms with Gasteiger partial charge in [0.1, 0.15) is 0 Å². The number of hydrogen-bond acceptors (Lipinski definition) is 3. The summed E-state index contributed by atoms with van der Waals surface area (Å²) in [4.78, 5) is 4.68. The van der Waals surface area contributed by atoms with Crippen LogP contribution < -0.4 is 5.32 Å². The first-order valence-corrected chi connectivity index (χ1v) is 7.40. The van der Waals surface area contributed by atoms with Crippen LogP contribution >= 0.6 is 11.3 Å². The molecule has 2 rings (SSSR count). The quantitative estimate of drug-likeness (QED) is 0.853. The molecule has 90 valence electrons. The lowest BCUT2D eigenvalue weighted by molar-refractivity contribution is 0.358. The average molecular weight is 238 g/mol. The van der Waals surface area contributed by atoms with Gasteiger partial charge in [0.05, 0.1) is 10.7 Å². The first kappa shape index (κ1) is 12.1. The Hall–Kier alpha value is -0.410. The van der Waals surface area contributed by atoms with Crippen LogP contribution in [0.1, 0.15) is 43.3 Å². The number of thiazole rings is 1. The molecule has 1 aliphatic heterocycles. The summed E-state index contributed by atoms with van der Waals surface area (Å²) in [5, 5.41) is 7.06. The van der Waals surface area contributed by atoms with Crippen molar-refractivity contribution in [1.29, 1.82) is 0 Å². The molecule has 2 heterocycles. The molecular formula is C13H22N2S. The monoisotopic (exact) mass is 238 g/mol. The van der Waals surface area contributed by atoms with E-state index in [2.05, 4.69) is 22.6 Å². The second-order valence-electron chi connectivity index (χ2n) is 4.73. The van der Waals surface area contributed by atoms with Gasteiger partial charge in [0.15, 0.2) is 0 Å². The molecule has 1 aromatic heterocycles. The van der Waals surface area contributed by atoms with E-state index >= 15 is 0 Å². The van der Waals surface area contributed by atoms with Crippen molar-refractivity contribution in [2.24, 2.45) is 5.92 Å². The fourth-order valence-electron chi connectivity index (χ4n) is 2.33. The van der Waals surface area contributed by atoms with Gasteiger partial charge in [-0.3, -0.25) is 0 Å². The molecule has 0 aromatic carbocycles. The molecule has 0 radical (unpaired) electrons. The highest BCUT2D eigenvalue weighted by molar-refractivity contribution is 7.09. The van der Waals surface area contributed by atoms with Crippen molar-refractivity contribution >= 4 is 11.3 Å². The van der Waals surface area contributed by atoms with Gasteiger partial charge in [0, 0.05) is 5.38 Å². The van der Waals surface area contributed by atoms with E-state index in [0.717, 1.165) is 12.3 Å². The number of piperidine rings is 1.